The van der Waals surface area contributed by atoms with Crippen molar-refractivity contribution in [3.63, 3.8) is 0 Å². The van der Waals surface area contributed by atoms with Gasteiger partial charge in [-0.3, -0.25) is 0 Å². The second kappa shape index (κ2) is 4.98. The molecule has 0 spiro atoms. The van der Waals surface area contributed by atoms with Crippen LogP contribution < -0.4 is 5.32 Å². The zero-order valence-electron chi connectivity index (χ0n) is 10.8. The molecule has 1 aromatic carbocycles. The summed E-state index contributed by atoms with van der Waals surface area (Å²) in [7, 11) is 0. The highest BCUT2D eigenvalue weighted by Gasteiger charge is 2.40. The summed E-state index contributed by atoms with van der Waals surface area (Å²) in [4.78, 5) is 0. The van der Waals surface area contributed by atoms with E-state index in [-0.39, 0.29) is 5.82 Å². The Morgan fingerprint density at radius 2 is 2.17 bits per heavy atom. The zero-order chi connectivity index (χ0) is 12.5. The van der Waals surface area contributed by atoms with E-state index in [1.165, 1.54) is 24.5 Å². The first kappa shape index (κ1) is 12.1. The van der Waals surface area contributed by atoms with Gasteiger partial charge in [0.2, 0.25) is 0 Å². The highest BCUT2D eigenvalue weighted by molar-refractivity contribution is 5.26. The van der Waals surface area contributed by atoms with Gasteiger partial charge in [0, 0.05) is 19.2 Å². The summed E-state index contributed by atoms with van der Waals surface area (Å²) in [5, 5.41) is 3.58. The lowest BCUT2D eigenvalue weighted by molar-refractivity contribution is 0.0808. The van der Waals surface area contributed by atoms with Crippen molar-refractivity contribution in [2.24, 2.45) is 5.92 Å². The number of nitrogens with one attached hydrogen (secondary N) is 1. The van der Waals surface area contributed by atoms with Crippen molar-refractivity contribution >= 4 is 0 Å². The van der Waals surface area contributed by atoms with Gasteiger partial charge in [0.1, 0.15) is 5.82 Å². The van der Waals surface area contributed by atoms with Gasteiger partial charge in [-0.2, -0.15) is 0 Å². The van der Waals surface area contributed by atoms with E-state index in [1.807, 2.05) is 13.0 Å². The molecule has 0 aromatic heterocycles. The molecule has 1 aromatic rings. The lowest BCUT2D eigenvalue weighted by atomic mass is 10.0. The molecule has 1 saturated carbocycles. The van der Waals surface area contributed by atoms with Gasteiger partial charge in [-0.05, 0) is 55.4 Å². The Hall–Kier alpha value is -0.930. The van der Waals surface area contributed by atoms with Crippen molar-refractivity contribution in [2.45, 2.75) is 44.9 Å². The summed E-state index contributed by atoms with van der Waals surface area (Å²) in [5.41, 5.74) is 2.20. The van der Waals surface area contributed by atoms with Gasteiger partial charge in [-0.25, -0.2) is 4.39 Å². The van der Waals surface area contributed by atoms with Crippen molar-refractivity contribution < 1.29 is 9.13 Å². The van der Waals surface area contributed by atoms with E-state index < -0.39 is 0 Å². The minimum absolute atomic E-state index is 0.156. The number of aryl methyl sites for hydroxylation is 1. The van der Waals surface area contributed by atoms with Crippen LogP contribution in [0.5, 0.6) is 0 Å². The average Bonchev–Trinajstić information content (AvgIpc) is 3.08. The highest BCUT2D eigenvalue weighted by atomic mass is 19.1. The lowest BCUT2D eigenvalue weighted by Gasteiger charge is -2.20. The van der Waals surface area contributed by atoms with E-state index in [9.17, 15) is 4.39 Å². The van der Waals surface area contributed by atoms with E-state index >= 15 is 0 Å². The molecule has 0 amide bonds. The van der Waals surface area contributed by atoms with Crippen LogP contribution in [0.4, 0.5) is 4.39 Å². The third kappa shape index (κ3) is 2.57. The van der Waals surface area contributed by atoms with E-state index in [1.54, 1.807) is 6.07 Å². The topological polar surface area (TPSA) is 21.3 Å². The molecular weight excluding hydrogens is 229 g/mol. The minimum Gasteiger partial charge on any atom is -0.376 e. The van der Waals surface area contributed by atoms with Crippen LogP contribution >= 0.6 is 0 Å². The molecule has 1 N–H and O–H groups in total. The van der Waals surface area contributed by atoms with Gasteiger partial charge in [0.05, 0.1) is 6.10 Å². The second-order valence-corrected chi connectivity index (χ2v) is 5.52. The quantitative estimate of drug-likeness (QED) is 0.886. The monoisotopic (exact) mass is 249 g/mol. The van der Waals surface area contributed by atoms with Gasteiger partial charge in [-0.1, -0.05) is 6.07 Å². The fourth-order valence-electron chi connectivity index (χ4n) is 2.82. The average molecular weight is 249 g/mol. The highest BCUT2D eigenvalue weighted by Crippen LogP contribution is 2.38. The molecule has 1 saturated heterocycles. The first-order valence-electron chi connectivity index (χ1n) is 6.84. The number of hydrogen-bond acceptors (Lipinski definition) is 2. The molecule has 3 heteroatoms. The van der Waals surface area contributed by atoms with Crippen molar-refractivity contribution in [3.05, 3.63) is 35.1 Å². The van der Waals surface area contributed by atoms with Gasteiger partial charge >= 0.3 is 0 Å². The van der Waals surface area contributed by atoms with Crippen LogP contribution in [0, 0.1) is 18.7 Å². The smallest absolute Gasteiger partial charge is 0.123 e. The van der Waals surface area contributed by atoms with Crippen LogP contribution in [-0.4, -0.2) is 18.8 Å². The Bertz CT molecular complexity index is 431. The molecule has 2 fully saturated rings. The Morgan fingerprint density at radius 3 is 2.89 bits per heavy atom. The minimum atomic E-state index is -0.156. The maximum Gasteiger partial charge on any atom is 0.123 e. The fourth-order valence-corrected chi connectivity index (χ4v) is 2.82. The summed E-state index contributed by atoms with van der Waals surface area (Å²) < 4.78 is 18.8. The Labute approximate surface area is 108 Å². The molecule has 18 heavy (non-hydrogen) atoms. The predicted octanol–water partition coefficient (Wildman–Crippen LogP) is 2.79. The maximum atomic E-state index is 13.0. The van der Waals surface area contributed by atoms with E-state index in [0.717, 1.165) is 31.1 Å². The molecule has 2 atom stereocenters. The van der Waals surface area contributed by atoms with Gasteiger partial charge in [0.15, 0.2) is 0 Å². The number of hydrogen-bond donors (Lipinski definition) is 1. The third-order valence-electron chi connectivity index (χ3n) is 4.08. The number of ether oxygens (including phenoxy) is 1. The standard InChI is InChI=1S/C15H20FNO/c1-10-8-13(16)5-4-12(10)9-17-14-6-7-18-15(14)11-2-3-11/h4-5,8,11,14-15,17H,2-3,6-7,9H2,1H3. The molecule has 98 valence electrons. The van der Waals surface area contributed by atoms with Crippen LogP contribution in [0.25, 0.3) is 0 Å². The van der Waals surface area contributed by atoms with Crippen molar-refractivity contribution in [1.82, 2.24) is 5.32 Å². The zero-order valence-corrected chi connectivity index (χ0v) is 10.8. The van der Waals surface area contributed by atoms with Gasteiger partial charge in [-0.15, -0.1) is 0 Å². The van der Waals surface area contributed by atoms with Crippen molar-refractivity contribution in [3.8, 4) is 0 Å². The first-order chi connectivity index (χ1) is 8.74. The molecule has 1 aliphatic heterocycles. The van der Waals surface area contributed by atoms with Crippen LogP contribution in [0.1, 0.15) is 30.4 Å². The summed E-state index contributed by atoms with van der Waals surface area (Å²) in [6.07, 6.45) is 4.14. The Morgan fingerprint density at radius 1 is 1.33 bits per heavy atom. The Kier molecular flexibility index (Phi) is 3.35. The maximum absolute atomic E-state index is 13.0. The SMILES string of the molecule is Cc1cc(F)ccc1CNC1CCOC1C1CC1. The number of benzene rings is 1. The summed E-state index contributed by atoms with van der Waals surface area (Å²) in [6, 6.07) is 5.48. The largest absolute Gasteiger partial charge is 0.376 e. The second-order valence-electron chi connectivity index (χ2n) is 5.52. The van der Waals surface area contributed by atoms with Crippen LogP contribution in [0.2, 0.25) is 0 Å². The van der Waals surface area contributed by atoms with Crippen LogP contribution in [0.15, 0.2) is 18.2 Å². The van der Waals surface area contributed by atoms with Crippen molar-refractivity contribution in [1.29, 1.82) is 0 Å². The van der Waals surface area contributed by atoms with Crippen LogP contribution in [-0.2, 0) is 11.3 Å². The molecule has 0 bridgehead atoms. The molecule has 2 unspecified atom stereocenters. The number of halogens is 1. The molecule has 0 radical (unpaired) electrons. The van der Waals surface area contributed by atoms with Gasteiger partial charge < -0.3 is 10.1 Å². The lowest BCUT2D eigenvalue weighted by Crippen LogP contribution is -2.37. The normalized spacial score (nSPS) is 27.7. The van der Waals surface area contributed by atoms with E-state index in [0.29, 0.717) is 12.1 Å². The van der Waals surface area contributed by atoms with E-state index in [4.69, 9.17) is 4.74 Å². The van der Waals surface area contributed by atoms with Crippen molar-refractivity contribution in [2.75, 3.05) is 6.61 Å². The summed E-state index contributed by atoms with van der Waals surface area (Å²) >= 11 is 0. The summed E-state index contributed by atoms with van der Waals surface area (Å²) in [5.74, 6) is 0.621. The molecular formula is C15H20FNO. The Balaban J connectivity index is 1.60. The molecule has 2 nitrogen and oxygen atoms in total. The third-order valence-corrected chi connectivity index (χ3v) is 4.08. The van der Waals surface area contributed by atoms with Crippen LogP contribution in [0.3, 0.4) is 0 Å². The molecule has 1 heterocycles. The fraction of sp³-hybridized carbons (Fsp3) is 0.600. The number of rotatable bonds is 4. The van der Waals surface area contributed by atoms with E-state index in [2.05, 4.69) is 5.32 Å². The molecule has 1 aliphatic carbocycles. The predicted molar refractivity (Wildman–Crippen MR) is 68.8 cm³/mol. The molecule has 3 rings (SSSR count). The first-order valence-corrected chi connectivity index (χ1v) is 6.84. The van der Waals surface area contributed by atoms with Gasteiger partial charge in [0.25, 0.3) is 0 Å². The summed E-state index contributed by atoms with van der Waals surface area (Å²) in [6.45, 7) is 3.65. The molecule has 2 aliphatic rings.